The van der Waals surface area contributed by atoms with Crippen LogP contribution in [0, 0.1) is 5.92 Å². The molecule has 2 rings (SSSR count). The quantitative estimate of drug-likeness (QED) is 0.548. The molecular formula is C16H31N7O. The normalized spacial score (nSPS) is 18.0. The summed E-state index contributed by atoms with van der Waals surface area (Å²) < 4.78 is 7.38. The van der Waals surface area contributed by atoms with Gasteiger partial charge in [0.1, 0.15) is 6.33 Å². The van der Waals surface area contributed by atoms with Crippen molar-refractivity contribution < 1.29 is 4.74 Å². The third kappa shape index (κ3) is 5.76. The molecule has 1 aliphatic heterocycles. The average molecular weight is 337 g/mol. The summed E-state index contributed by atoms with van der Waals surface area (Å²) in [5.74, 6) is 2.33. The highest BCUT2D eigenvalue weighted by molar-refractivity contribution is 5.79. The van der Waals surface area contributed by atoms with Gasteiger partial charge in [0.2, 0.25) is 0 Å². The lowest BCUT2D eigenvalue weighted by Gasteiger charge is -2.35. The Hall–Kier alpha value is -1.67. The molecule has 1 aliphatic rings. The first-order valence-corrected chi connectivity index (χ1v) is 8.69. The molecular weight excluding hydrogens is 306 g/mol. The largest absolute Gasteiger partial charge is 0.379 e. The maximum Gasteiger partial charge on any atom is 0.191 e. The standard InChI is InChI=1S/C16H31N7O/c1-13(2)9-14(23-5-7-24-8-6-23)10-18-16(17-3)19-11-15-21-20-12-22(15)4/h12-14H,5-11H2,1-4H3,(H2,17,18,19). The number of hydrogen-bond acceptors (Lipinski definition) is 5. The third-order valence-corrected chi connectivity index (χ3v) is 4.25. The number of guanidine groups is 1. The van der Waals surface area contributed by atoms with E-state index in [-0.39, 0.29) is 0 Å². The van der Waals surface area contributed by atoms with E-state index in [0.717, 1.165) is 51.1 Å². The smallest absolute Gasteiger partial charge is 0.191 e. The van der Waals surface area contributed by atoms with E-state index in [1.807, 2.05) is 11.6 Å². The molecule has 1 atom stereocenters. The molecule has 24 heavy (non-hydrogen) atoms. The van der Waals surface area contributed by atoms with Crippen LogP contribution in [0.5, 0.6) is 0 Å². The van der Waals surface area contributed by atoms with Crippen molar-refractivity contribution in [1.29, 1.82) is 0 Å². The predicted octanol–water partition coefficient (Wildman–Crippen LogP) is 0.227. The number of ether oxygens (including phenoxy) is 1. The van der Waals surface area contributed by atoms with Crippen molar-refractivity contribution in [2.75, 3.05) is 39.9 Å². The number of nitrogens with zero attached hydrogens (tertiary/aromatic N) is 5. The molecule has 0 bridgehead atoms. The lowest BCUT2D eigenvalue weighted by atomic mass is 10.0. The monoisotopic (exact) mass is 337 g/mol. The van der Waals surface area contributed by atoms with E-state index < -0.39 is 0 Å². The molecule has 0 aliphatic carbocycles. The van der Waals surface area contributed by atoms with Gasteiger partial charge in [-0.2, -0.15) is 0 Å². The highest BCUT2D eigenvalue weighted by Gasteiger charge is 2.22. The zero-order valence-electron chi connectivity index (χ0n) is 15.3. The van der Waals surface area contributed by atoms with Gasteiger partial charge in [-0.1, -0.05) is 13.8 Å². The molecule has 1 aromatic rings. The zero-order chi connectivity index (χ0) is 17.4. The van der Waals surface area contributed by atoms with Crippen molar-refractivity contribution in [3.8, 4) is 0 Å². The maximum atomic E-state index is 5.48. The topological polar surface area (TPSA) is 79.6 Å². The lowest BCUT2D eigenvalue weighted by molar-refractivity contribution is 0.0132. The summed E-state index contributed by atoms with van der Waals surface area (Å²) in [4.78, 5) is 6.83. The Kier molecular flexibility index (Phi) is 7.45. The van der Waals surface area contributed by atoms with Crippen molar-refractivity contribution >= 4 is 5.96 Å². The lowest BCUT2D eigenvalue weighted by Crippen LogP contribution is -2.51. The zero-order valence-corrected chi connectivity index (χ0v) is 15.3. The van der Waals surface area contributed by atoms with Crippen molar-refractivity contribution in [2.45, 2.75) is 32.9 Å². The number of rotatable bonds is 7. The maximum absolute atomic E-state index is 5.48. The summed E-state index contributed by atoms with van der Waals surface area (Å²) in [6, 6.07) is 0.488. The summed E-state index contributed by atoms with van der Waals surface area (Å²) in [6.07, 6.45) is 2.86. The number of morpholine rings is 1. The van der Waals surface area contributed by atoms with Crippen LogP contribution in [0.1, 0.15) is 26.1 Å². The fourth-order valence-electron chi connectivity index (χ4n) is 2.91. The Morgan fingerprint density at radius 3 is 2.67 bits per heavy atom. The van der Waals surface area contributed by atoms with E-state index in [1.165, 1.54) is 0 Å². The van der Waals surface area contributed by atoms with Crippen LogP contribution >= 0.6 is 0 Å². The molecule has 2 N–H and O–H groups in total. The van der Waals surface area contributed by atoms with Crippen LogP contribution in [0.25, 0.3) is 0 Å². The highest BCUT2D eigenvalue weighted by Crippen LogP contribution is 2.12. The van der Waals surface area contributed by atoms with Crippen LogP contribution in [0.4, 0.5) is 0 Å². The number of hydrogen-bond donors (Lipinski definition) is 2. The molecule has 8 nitrogen and oxygen atoms in total. The fraction of sp³-hybridized carbons (Fsp3) is 0.812. The first kappa shape index (κ1) is 18.7. The van der Waals surface area contributed by atoms with Crippen LogP contribution in [-0.2, 0) is 18.3 Å². The number of aliphatic imine (C=N–C) groups is 1. The molecule has 0 amide bonds. The molecule has 1 fully saturated rings. The second-order valence-corrected chi connectivity index (χ2v) is 6.60. The Balaban J connectivity index is 1.84. The number of aromatic nitrogens is 3. The third-order valence-electron chi connectivity index (χ3n) is 4.25. The van der Waals surface area contributed by atoms with Gasteiger partial charge < -0.3 is 19.9 Å². The van der Waals surface area contributed by atoms with E-state index in [0.29, 0.717) is 18.5 Å². The first-order valence-electron chi connectivity index (χ1n) is 8.69. The van der Waals surface area contributed by atoms with Gasteiger partial charge in [-0.05, 0) is 12.3 Å². The SMILES string of the molecule is CN=C(NCc1nncn1C)NCC(CC(C)C)N1CCOCC1. The Morgan fingerprint density at radius 2 is 2.08 bits per heavy atom. The minimum atomic E-state index is 0.488. The summed E-state index contributed by atoms with van der Waals surface area (Å²) >= 11 is 0. The fourth-order valence-corrected chi connectivity index (χ4v) is 2.91. The molecule has 1 unspecified atom stereocenters. The van der Waals surface area contributed by atoms with Gasteiger partial charge in [0.25, 0.3) is 0 Å². The van der Waals surface area contributed by atoms with Gasteiger partial charge in [-0.25, -0.2) is 0 Å². The molecule has 8 heteroatoms. The summed E-state index contributed by atoms with van der Waals surface area (Å²) in [7, 11) is 3.72. The molecule has 0 spiro atoms. The molecule has 136 valence electrons. The van der Waals surface area contributed by atoms with Gasteiger partial charge >= 0.3 is 0 Å². The minimum absolute atomic E-state index is 0.488. The van der Waals surface area contributed by atoms with Gasteiger partial charge in [0.05, 0.1) is 19.8 Å². The van der Waals surface area contributed by atoms with E-state index in [2.05, 4.69) is 44.6 Å². The van der Waals surface area contributed by atoms with Crippen LogP contribution in [0.2, 0.25) is 0 Å². The predicted molar refractivity (Wildman–Crippen MR) is 94.8 cm³/mol. The van der Waals surface area contributed by atoms with Gasteiger partial charge in [-0.15, -0.1) is 10.2 Å². The van der Waals surface area contributed by atoms with E-state index in [4.69, 9.17) is 4.74 Å². The van der Waals surface area contributed by atoms with Crippen molar-refractivity contribution in [2.24, 2.45) is 18.0 Å². The van der Waals surface area contributed by atoms with Crippen LogP contribution in [0.15, 0.2) is 11.3 Å². The van der Waals surface area contributed by atoms with Crippen molar-refractivity contribution in [1.82, 2.24) is 30.3 Å². The van der Waals surface area contributed by atoms with E-state index in [1.54, 1.807) is 13.4 Å². The van der Waals surface area contributed by atoms with Gasteiger partial charge in [0.15, 0.2) is 11.8 Å². The Morgan fingerprint density at radius 1 is 1.33 bits per heavy atom. The van der Waals surface area contributed by atoms with Gasteiger partial charge in [-0.3, -0.25) is 9.89 Å². The van der Waals surface area contributed by atoms with E-state index >= 15 is 0 Å². The van der Waals surface area contributed by atoms with Crippen molar-refractivity contribution in [3.05, 3.63) is 12.2 Å². The van der Waals surface area contributed by atoms with Crippen molar-refractivity contribution in [3.63, 3.8) is 0 Å². The second kappa shape index (κ2) is 9.58. The average Bonchev–Trinajstić information content (AvgIpc) is 2.99. The molecule has 0 saturated carbocycles. The molecule has 1 saturated heterocycles. The summed E-state index contributed by atoms with van der Waals surface area (Å²) in [5.41, 5.74) is 0. The summed E-state index contributed by atoms with van der Waals surface area (Å²) in [6.45, 7) is 9.68. The van der Waals surface area contributed by atoms with Crippen LogP contribution in [-0.4, -0.2) is 71.6 Å². The highest BCUT2D eigenvalue weighted by atomic mass is 16.5. The minimum Gasteiger partial charge on any atom is -0.379 e. The summed E-state index contributed by atoms with van der Waals surface area (Å²) in [5, 5.41) is 14.7. The number of aryl methyl sites for hydroxylation is 1. The van der Waals surface area contributed by atoms with Crippen LogP contribution in [0.3, 0.4) is 0 Å². The molecule has 1 aromatic heterocycles. The molecule has 0 radical (unpaired) electrons. The molecule has 2 heterocycles. The van der Waals surface area contributed by atoms with Crippen LogP contribution < -0.4 is 10.6 Å². The first-order chi connectivity index (χ1) is 11.6. The molecule has 0 aromatic carbocycles. The number of nitrogens with one attached hydrogen (secondary N) is 2. The second-order valence-electron chi connectivity index (χ2n) is 6.60. The van der Waals surface area contributed by atoms with Gasteiger partial charge in [0, 0.05) is 39.8 Å². The Bertz CT molecular complexity index is 508. The Labute approximate surface area is 144 Å². The van der Waals surface area contributed by atoms with E-state index in [9.17, 15) is 0 Å².